The lowest BCUT2D eigenvalue weighted by atomic mass is 10.1. The maximum atomic E-state index is 12.8. The monoisotopic (exact) mass is 358 g/mol. The summed E-state index contributed by atoms with van der Waals surface area (Å²) < 4.78 is 2.16. The van der Waals surface area contributed by atoms with Crippen LogP contribution in [0.5, 0.6) is 0 Å². The van der Waals surface area contributed by atoms with Crippen molar-refractivity contribution in [3.63, 3.8) is 0 Å². The summed E-state index contributed by atoms with van der Waals surface area (Å²) in [6.45, 7) is 9.39. The largest absolute Gasteiger partial charge is 0.308 e. The second-order valence-corrected chi connectivity index (χ2v) is 7.82. The van der Waals surface area contributed by atoms with Crippen LogP contribution in [0, 0.1) is 0 Å². The Morgan fingerprint density at radius 3 is 2.80 bits per heavy atom. The van der Waals surface area contributed by atoms with Crippen molar-refractivity contribution in [3.8, 4) is 0 Å². The third kappa shape index (κ3) is 3.59. The first-order valence-electron chi connectivity index (χ1n) is 8.98. The summed E-state index contributed by atoms with van der Waals surface area (Å²) in [6, 6.07) is 8.40. The zero-order valence-electron chi connectivity index (χ0n) is 15.4. The van der Waals surface area contributed by atoms with Gasteiger partial charge in [-0.15, -0.1) is 10.2 Å². The zero-order valence-corrected chi connectivity index (χ0v) is 16.2. The van der Waals surface area contributed by atoms with Crippen LogP contribution < -0.4 is 4.90 Å². The van der Waals surface area contributed by atoms with E-state index in [1.54, 1.807) is 0 Å². The van der Waals surface area contributed by atoms with E-state index in [9.17, 15) is 4.79 Å². The average Bonchev–Trinajstić information content (AvgIpc) is 3.13. The van der Waals surface area contributed by atoms with Crippen molar-refractivity contribution in [2.45, 2.75) is 64.2 Å². The Morgan fingerprint density at radius 2 is 2.08 bits per heavy atom. The molecule has 1 atom stereocenters. The molecular weight excluding hydrogens is 332 g/mol. The van der Waals surface area contributed by atoms with Gasteiger partial charge in [-0.1, -0.05) is 50.7 Å². The minimum Gasteiger partial charge on any atom is -0.308 e. The fraction of sp³-hybridized carbons (Fsp3) is 0.526. The number of carbonyl (C=O) groups excluding carboxylic acids is 1. The van der Waals surface area contributed by atoms with Gasteiger partial charge in [0.25, 0.3) is 0 Å². The van der Waals surface area contributed by atoms with Crippen molar-refractivity contribution < 1.29 is 4.79 Å². The van der Waals surface area contributed by atoms with E-state index >= 15 is 0 Å². The molecule has 0 bridgehead atoms. The number of hydrogen-bond donors (Lipinski definition) is 0. The van der Waals surface area contributed by atoms with Crippen molar-refractivity contribution >= 4 is 23.4 Å². The number of fused-ring (bicyclic) bond motifs is 1. The SMILES string of the molecule is CCCn1c(SCC(=O)N2c3ccccc3C[C@@H]2C)nnc1C(C)C. The molecule has 2 heterocycles. The van der Waals surface area contributed by atoms with E-state index < -0.39 is 0 Å². The Labute approximate surface area is 153 Å². The quantitative estimate of drug-likeness (QED) is 0.735. The number of hydrogen-bond acceptors (Lipinski definition) is 4. The predicted molar refractivity (Wildman–Crippen MR) is 102 cm³/mol. The first kappa shape index (κ1) is 18.0. The maximum absolute atomic E-state index is 12.8. The first-order chi connectivity index (χ1) is 12.0. The molecule has 0 radical (unpaired) electrons. The Morgan fingerprint density at radius 1 is 1.32 bits per heavy atom. The molecule has 1 aromatic carbocycles. The van der Waals surface area contributed by atoms with Gasteiger partial charge in [0.2, 0.25) is 5.91 Å². The summed E-state index contributed by atoms with van der Waals surface area (Å²) in [6.07, 6.45) is 1.95. The van der Waals surface area contributed by atoms with Gasteiger partial charge >= 0.3 is 0 Å². The minimum atomic E-state index is 0.139. The fourth-order valence-electron chi connectivity index (χ4n) is 3.41. The lowest BCUT2D eigenvalue weighted by molar-refractivity contribution is -0.116. The van der Waals surface area contributed by atoms with Gasteiger partial charge in [-0.05, 0) is 31.4 Å². The van der Waals surface area contributed by atoms with Crippen LogP contribution >= 0.6 is 11.8 Å². The average molecular weight is 359 g/mol. The molecule has 0 saturated carbocycles. The number of carbonyl (C=O) groups is 1. The third-order valence-electron chi connectivity index (χ3n) is 4.51. The summed E-state index contributed by atoms with van der Waals surface area (Å²) in [4.78, 5) is 14.8. The second kappa shape index (κ2) is 7.60. The number of aromatic nitrogens is 3. The van der Waals surface area contributed by atoms with Gasteiger partial charge in [-0.2, -0.15) is 0 Å². The third-order valence-corrected chi connectivity index (χ3v) is 5.46. The molecule has 0 spiro atoms. The van der Waals surface area contributed by atoms with Gasteiger partial charge < -0.3 is 9.47 Å². The molecule has 0 N–H and O–H groups in total. The van der Waals surface area contributed by atoms with E-state index in [1.807, 2.05) is 23.1 Å². The van der Waals surface area contributed by atoms with E-state index in [1.165, 1.54) is 17.3 Å². The van der Waals surface area contributed by atoms with Gasteiger partial charge in [0.1, 0.15) is 5.82 Å². The molecule has 0 unspecified atom stereocenters. The highest BCUT2D eigenvalue weighted by Crippen LogP contribution is 2.33. The number of thioether (sulfide) groups is 1. The highest BCUT2D eigenvalue weighted by Gasteiger charge is 2.30. The molecule has 1 amide bonds. The topological polar surface area (TPSA) is 51.0 Å². The molecule has 25 heavy (non-hydrogen) atoms. The zero-order chi connectivity index (χ0) is 18.0. The van der Waals surface area contributed by atoms with Crippen LogP contribution in [0.1, 0.15) is 51.4 Å². The van der Waals surface area contributed by atoms with Gasteiger partial charge in [0.15, 0.2) is 5.16 Å². The lowest BCUT2D eigenvalue weighted by Crippen LogP contribution is -2.37. The predicted octanol–water partition coefficient (Wildman–Crippen LogP) is 3.88. The van der Waals surface area contributed by atoms with Crippen molar-refractivity contribution in [1.29, 1.82) is 0 Å². The summed E-state index contributed by atoms with van der Waals surface area (Å²) in [5.74, 6) is 1.85. The van der Waals surface area contributed by atoms with Gasteiger partial charge in [-0.3, -0.25) is 4.79 Å². The second-order valence-electron chi connectivity index (χ2n) is 6.88. The molecular formula is C19H26N4OS. The Balaban J connectivity index is 1.73. The lowest BCUT2D eigenvalue weighted by Gasteiger charge is -2.22. The van der Waals surface area contributed by atoms with Crippen LogP contribution in [-0.2, 0) is 17.8 Å². The minimum absolute atomic E-state index is 0.139. The first-order valence-corrected chi connectivity index (χ1v) is 9.97. The molecule has 3 rings (SSSR count). The molecule has 0 saturated heterocycles. The van der Waals surface area contributed by atoms with Gasteiger partial charge in [0, 0.05) is 24.2 Å². The molecule has 5 nitrogen and oxygen atoms in total. The molecule has 1 aromatic heterocycles. The normalized spacial score (nSPS) is 16.5. The van der Waals surface area contributed by atoms with Gasteiger partial charge in [0.05, 0.1) is 5.75 Å². The van der Waals surface area contributed by atoms with Crippen LogP contribution in [0.3, 0.4) is 0 Å². The molecule has 2 aromatic rings. The number of nitrogens with zero attached hydrogens (tertiary/aromatic N) is 4. The van der Waals surface area contributed by atoms with Crippen molar-refractivity contribution in [1.82, 2.24) is 14.8 Å². The van der Waals surface area contributed by atoms with Gasteiger partial charge in [-0.25, -0.2) is 0 Å². The van der Waals surface area contributed by atoms with Crippen LogP contribution in [0.2, 0.25) is 0 Å². The Bertz CT molecular complexity index is 756. The van der Waals surface area contributed by atoms with E-state index in [-0.39, 0.29) is 11.9 Å². The van der Waals surface area contributed by atoms with E-state index in [4.69, 9.17) is 0 Å². The Kier molecular flexibility index (Phi) is 5.47. The number of benzene rings is 1. The molecule has 0 fully saturated rings. The molecule has 0 aliphatic carbocycles. The van der Waals surface area contributed by atoms with E-state index in [0.717, 1.165) is 36.1 Å². The number of para-hydroxylation sites is 1. The summed E-state index contributed by atoms with van der Waals surface area (Å²) in [5.41, 5.74) is 2.31. The van der Waals surface area contributed by atoms with Crippen molar-refractivity contribution in [2.24, 2.45) is 0 Å². The van der Waals surface area contributed by atoms with E-state index in [2.05, 4.69) is 48.5 Å². The number of rotatable bonds is 6. The van der Waals surface area contributed by atoms with Crippen LogP contribution in [0.25, 0.3) is 0 Å². The molecule has 6 heteroatoms. The summed E-state index contributed by atoms with van der Waals surface area (Å²) in [7, 11) is 0. The highest BCUT2D eigenvalue weighted by atomic mass is 32.2. The van der Waals surface area contributed by atoms with E-state index in [0.29, 0.717) is 11.7 Å². The van der Waals surface area contributed by atoms with Crippen molar-refractivity contribution in [2.75, 3.05) is 10.7 Å². The van der Waals surface area contributed by atoms with Crippen LogP contribution in [0.15, 0.2) is 29.4 Å². The van der Waals surface area contributed by atoms with Crippen molar-refractivity contribution in [3.05, 3.63) is 35.7 Å². The number of anilines is 1. The smallest absolute Gasteiger partial charge is 0.237 e. The molecule has 1 aliphatic rings. The Hall–Kier alpha value is -1.82. The summed E-state index contributed by atoms with van der Waals surface area (Å²) in [5, 5.41) is 9.50. The highest BCUT2D eigenvalue weighted by molar-refractivity contribution is 7.99. The molecule has 134 valence electrons. The molecule has 1 aliphatic heterocycles. The number of amides is 1. The standard InChI is InChI=1S/C19H26N4OS/c1-5-10-22-18(13(2)3)20-21-19(22)25-12-17(24)23-14(4)11-15-8-6-7-9-16(15)23/h6-9,13-14H,5,10-12H2,1-4H3/t14-/m0/s1. The fourth-order valence-corrected chi connectivity index (χ4v) is 4.24. The van der Waals surface area contributed by atoms with Crippen LogP contribution in [-0.4, -0.2) is 32.5 Å². The maximum Gasteiger partial charge on any atom is 0.237 e. The van der Waals surface area contributed by atoms with Crippen LogP contribution in [0.4, 0.5) is 5.69 Å². The summed E-state index contributed by atoms with van der Waals surface area (Å²) >= 11 is 1.50.